The lowest BCUT2D eigenvalue weighted by atomic mass is 9.95. The van der Waals surface area contributed by atoms with Gasteiger partial charge >= 0.3 is 6.18 Å². The minimum absolute atomic E-state index is 0.0478. The maximum absolute atomic E-state index is 12.0. The molecule has 0 spiro atoms. The van der Waals surface area contributed by atoms with Crippen LogP contribution in [0.2, 0.25) is 0 Å². The molecular weight excluding hydrogens is 237 g/mol. The van der Waals surface area contributed by atoms with Gasteiger partial charge in [-0.3, -0.25) is 0 Å². The lowest BCUT2D eigenvalue weighted by Crippen LogP contribution is -2.21. The van der Waals surface area contributed by atoms with E-state index in [1.54, 1.807) is 6.92 Å². The molecule has 0 aliphatic carbocycles. The number of thiophene rings is 1. The third-order valence-corrected chi connectivity index (χ3v) is 3.74. The maximum atomic E-state index is 12.0. The summed E-state index contributed by atoms with van der Waals surface area (Å²) in [5.41, 5.74) is -0.217. The van der Waals surface area contributed by atoms with Crippen molar-refractivity contribution in [3.63, 3.8) is 0 Å². The van der Waals surface area contributed by atoms with E-state index in [9.17, 15) is 18.3 Å². The molecule has 1 unspecified atom stereocenters. The van der Waals surface area contributed by atoms with Crippen LogP contribution in [0.15, 0.2) is 11.4 Å². The van der Waals surface area contributed by atoms with Crippen LogP contribution in [0.4, 0.5) is 13.2 Å². The van der Waals surface area contributed by atoms with E-state index in [4.69, 9.17) is 0 Å². The average molecular weight is 252 g/mol. The minimum Gasteiger partial charge on any atom is -0.385 e. The second kappa shape index (κ2) is 4.75. The number of hydrogen-bond acceptors (Lipinski definition) is 2. The van der Waals surface area contributed by atoms with Gasteiger partial charge in [0.15, 0.2) is 0 Å². The molecule has 0 radical (unpaired) electrons. The highest BCUT2D eigenvalue weighted by Crippen LogP contribution is 2.34. The van der Waals surface area contributed by atoms with Crippen molar-refractivity contribution < 1.29 is 18.3 Å². The Balaban J connectivity index is 2.56. The summed E-state index contributed by atoms with van der Waals surface area (Å²) in [5, 5.41) is 11.9. The topological polar surface area (TPSA) is 20.2 Å². The van der Waals surface area contributed by atoms with Crippen LogP contribution >= 0.6 is 11.3 Å². The van der Waals surface area contributed by atoms with Crippen molar-refractivity contribution in [2.75, 3.05) is 0 Å². The summed E-state index contributed by atoms with van der Waals surface area (Å²) in [7, 11) is 0. The second-order valence-corrected chi connectivity index (χ2v) is 5.09. The minimum atomic E-state index is -4.14. The number of aryl methyl sites for hydroxylation is 1. The van der Waals surface area contributed by atoms with Crippen LogP contribution in [-0.2, 0) is 5.60 Å². The van der Waals surface area contributed by atoms with E-state index in [-0.39, 0.29) is 12.8 Å². The van der Waals surface area contributed by atoms with Crippen LogP contribution in [0.5, 0.6) is 0 Å². The highest BCUT2D eigenvalue weighted by molar-refractivity contribution is 7.10. The quantitative estimate of drug-likeness (QED) is 0.858. The zero-order valence-electron chi connectivity index (χ0n) is 9.27. The molecule has 0 amide bonds. The molecule has 0 bridgehead atoms. The molecule has 1 N–H and O–H groups in total. The first kappa shape index (κ1) is 13.5. The van der Waals surface area contributed by atoms with Gasteiger partial charge in [-0.25, -0.2) is 0 Å². The van der Waals surface area contributed by atoms with Gasteiger partial charge in [0, 0.05) is 11.3 Å². The fourth-order valence-electron chi connectivity index (χ4n) is 1.67. The van der Waals surface area contributed by atoms with Gasteiger partial charge in [-0.2, -0.15) is 13.2 Å². The summed E-state index contributed by atoms with van der Waals surface area (Å²) in [6.45, 7) is 3.42. The first-order valence-corrected chi connectivity index (χ1v) is 5.94. The van der Waals surface area contributed by atoms with Crippen LogP contribution in [0.3, 0.4) is 0 Å². The van der Waals surface area contributed by atoms with E-state index in [1.165, 1.54) is 11.3 Å². The van der Waals surface area contributed by atoms with Crippen molar-refractivity contribution in [1.82, 2.24) is 0 Å². The van der Waals surface area contributed by atoms with E-state index < -0.39 is 18.2 Å². The Labute approximate surface area is 96.9 Å². The van der Waals surface area contributed by atoms with E-state index in [0.29, 0.717) is 0 Å². The molecule has 0 saturated carbocycles. The monoisotopic (exact) mass is 252 g/mol. The molecule has 1 aromatic heterocycles. The summed E-state index contributed by atoms with van der Waals surface area (Å²) >= 11 is 1.38. The van der Waals surface area contributed by atoms with Crippen molar-refractivity contribution >= 4 is 11.3 Å². The SMILES string of the molecule is Cc1ccsc1C(C)(O)CCCC(F)(F)F. The molecule has 0 aliphatic rings. The second-order valence-electron chi connectivity index (χ2n) is 4.18. The third-order valence-electron chi connectivity index (χ3n) is 2.48. The van der Waals surface area contributed by atoms with Gasteiger partial charge in [-0.15, -0.1) is 11.3 Å². The largest absolute Gasteiger partial charge is 0.389 e. The van der Waals surface area contributed by atoms with Crippen LogP contribution < -0.4 is 0 Å². The number of rotatable bonds is 4. The lowest BCUT2D eigenvalue weighted by Gasteiger charge is -2.23. The van der Waals surface area contributed by atoms with Crippen molar-refractivity contribution in [1.29, 1.82) is 0 Å². The van der Waals surface area contributed by atoms with Crippen LogP contribution in [0.1, 0.15) is 36.6 Å². The summed E-state index contributed by atoms with van der Waals surface area (Å²) in [5.74, 6) is 0. The molecule has 1 heterocycles. The molecule has 5 heteroatoms. The molecular formula is C11H15F3OS. The van der Waals surface area contributed by atoms with Crippen LogP contribution in [0, 0.1) is 6.92 Å². The van der Waals surface area contributed by atoms with Crippen molar-refractivity contribution in [3.8, 4) is 0 Å². The van der Waals surface area contributed by atoms with Gasteiger partial charge in [0.25, 0.3) is 0 Å². The maximum Gasteiger partial charge on any atom is 0.389 e. The molecule has 1 rings (SSSR count). The predicted octanol–water partition coefficient (Wildman–Crippen LogP) is 4.00. The Hall–Kier alpha value is -0.550. The third kappa shape index (κ3) is 3.79. The molecule has 0 fully saturated rings. The van der Waals surface area contributed by atoms with Crippen molar-refractivity contribution in [3.05, 3.63) is 21.9 Å². The predicted molar refractivity (Wildman–Crippen MR) is 58.5 cm³/mol. The van der Waals surface area contributed by atoms with Gasteiger partial charge in [-0.1, -0.05) is 0 Å². The smallest absolute Gasteiger partial charge is 0.385 e. The van der Waals surface area contributed by atoms with Gasteiger partial charge in [0.2, 0.25) is 0 Å². The molecule has 0 aromatic carbocycles. The highest BCUT2D eigenvalue weighted by Gasteiger charge is 2.30. The lowest BCUT2D eigenvalue weighted by molar-refractivity contribution is -0.137. The Morgan fingerprint density at radius 1 is 1.31 bits per heavy atom. The van der Waals surface area contributed by atoms with E-state index >= 15 is 0 Å². The molecule has 92 valence electrons. The van der Waals surface area contributed by atoms with Crippen molar-refractivity contribution in [2.45, 2.75) is 44.9 Å². The molecule has 0 aliphatic heterocycles. The number of alkyl halides is 3. The Bertz CT molecular complexity index is 341. The Morgan fingerprint density at radius 3 is 2.38 bits per heavy atom. The number of aliphatic hydroxyl groups is 1. The molecule has 1 aromatic rings. The van der Waals surface area contributed by atoms with Crippen LogP contribution in [0.25, 0.3) is 0 Å². The standard InChI is InChI=1S/C11H15F3OS/c1-8-4-7-16-9(8)10(2,15)5-3-6-11(12,13)14/h4,7,15H,3,5-6H2,1-2H3. The van der Waals surface area contributed by atoms with Gasteiger partial charge < -0.3 is 5.11 Å². The first-order chi connectivity index (χ1) is 7.22. The zero-order chi connectivity index (χ0) is 12.4. The fourth-order valence-corrected chi connectivity index (χ4v) is 2.69. The van der Waals surface area contributed by atoms with Gasteiger partial charge in [0.1, 0.15) is 0 Å². The first-order valence-electron chi connectivity index (χ1n) is 5.06. The summed E-state index contributed by atoms with van der Waals surface area (Å²) in [4.78, 5) is 0.759. The average Bonchev–Trinajstić information content (AvgIpc) is 2.48. The zero-order valence-corrected chi connectivity index (χ0v) is 10.1. The summed E-state index contributed by atoms with van der Waals surface area (Å²) in [6.07, 6.45) is -4.89. The fraction of sp³-hybridized carbons (Fsp3) is 0.636. The molecule has 1 nitrogen and oxygen atoms in total. The highest BCUT2D eigenvalue weighted by atomic mass is 32.1. The summed E-state index contributed by atoms with van der Waals surface area (Å²) in [6, 6.07) is 1.86. The Kier molecular flexibility index (Phi) is 4.02. The van der Waals surface area contributed by atoms with E-state index in [1.807, 2.05) is 18.4 Å². The molecule has 1 atom stereocenters. The molecule has 16 heavy (non-hydrogen) atoms. The molecule has 0 saturated heterocycles. The van der Waals surface area contributed by atoms with Gasteiger partial charge in [0.05, 0.1) is 5.60 Å². The normalized spacial score (nSPS) is 16.1. The van der Waals surface area contributed by atoms with E-state index in [2.05, 4.69) is 0 Å². The van der Waals surface area contributed by atoms with E-state index in [0.717, 1.165) is 10.4 Å². The Morgan fingerprint density at radius 2 is 1.94 bits per heavy atom. The summed E-state index contributed by atoms with van der Waals surface area (Å²) < 4.78 is 35.9. The van der Waals surface area contributed by atoms with Gasteiger partial charge in [-0.05, 0) is 43.7 Å². The van der Waals surface area contributed by atoms with Crippen LogP contribution in [-0.4, -0.2) is 11.3 Å². The number of halogens is 3. The van der Waals surface area contributed by atoms with Crippen molar-refractivity contribution in [2.24, 2.45) is 0 Å². The number of hydrogen-bond donors (Lipinski definition) is 1.